The number of hydrogen-bond donors (Lipinski definition) is 0. The number of benzene rings is 1. The monoisotopic (exact) mass is 221 g/mol. The predicted molar refractivity (Wildman–Crippen MR) is 40.3 cm³/mol. The molecule has 0 saturated carbocycles. The minimum Gasteiger partial charge on any atom is -0.726 e. The summed E-state index contributed by atoms with van der Waals surface area (Å²) >= 11 is 0. The third kappa shape index (κ3) is 4.44. The molecule has 3 radical (unpaired) electrons. The first-order valence-corrected chi connectivity index (χ1v) is 2.78. The van der Waals surface area contributed by atoms with Crippen LogP contribution in [0.5, 0.6) is 0 Å². The topological polar surface area (TPSA) is 17.1 Å². The summed E-state index contributed by atoms with van der Waals surface area (Å²) in [7, 11) is 0. The van der Waals surface area contributed by atoms with E-state index < -0.39 is 0 Å². The zero-order valence-corrected chi connectivity index (χ0v) is 9.21. The first-order valence-electron chi connectivity index (χ1n) is 2.78. The van der Waals surface area contributed by atoms with E-state index in [9.17, 15) is 4.79 Å². The van der Waals surface area contributed by atoms with Gasteiger partial charge in [0.15, 0.2) is 0 Å². The van der Waals surface area contributed by atoms with Crippen LogP contribution in [0.25, 0.3) is 0 Å². The second kappa shape index (κ2) is 6.69. The van der Waals surface area contributed by atoms with Crippen LogP contribution in [-0.4, -0.2) is 6.29 Å². The molecular formula is C9H8OY-2. The van der Waals surface area contributed by atoms with Gasteiger partial charge >= 0.3 is 0 Å². The Balaban J connectivity index is 0. The van der Waals surface area contributed by atoms with Crippen molar-refractivity contribution in [2.24, 2.45) is 0 Å². The fraction of sp³-hybridized carbons (Fsp3) is 0.111. The van der Waals surface area contributed by atoms with E-state index in [2.05, 4.69) is 0 Å². The Labute approximate surface area is 93.1 Å². The van der Waals surface area contributed by atoms with Crippen LogP contribution in [0.2, 0.25) is 0 Å². The van der Waals surface area contributed by atoms with Crippen LogP contribution in [-0.2, 0) is 37.5 Å². The molecule has 0 fully saturated rings. The molecule has 0 spiro atoms. The predicted octanol–water partition coefficient (Wildman–Crippen LogP) is 1.65. The van der Waals surface area contributed by atoms with Gasteiger partial charge in [-0.25, -0.2) is 0 Å². The largest absolute Gasteiger partial charge is 0.726 e. The van der Waals surface area contributed by atoms with Crippen LogP contribution in [0.3, 0.4) is 0 Å². The van der Waals surface area contributed by atoms with Crippen molar-refractivity contribution in [3.8, 4) is 0 Å². The molecule has 0 aromatic heterocycles. The van der Waals surface area contributed by atoms with Crippen molar-refractivity contribution < 1.29 is 37.5 Å². The summed E-state index contributed by atoms with van der Waals surface area (Å²) in [5.41, 5.74) is 1.71. The van der Waals surface area contributed by atoms with E-state index in [1.165, 1.54) is 0 Å². The van der Waals surface area contributed by atoms with Gasteiger partial charge in [-0.15, -0.1) is 11.6 Å². The molecule has 2 heteroatoms. The molecule has 0 bridgehead atoms. The SMILES string of the molecule is Cc1cccc([C-]=O)c1.[CH-].[Y]. The van der Waals surface area contributed by atoms with E-state index in [-0.39, 0.29) is 40.1 Å². The number of rotatable bonds is 1. The zero-order valence-electron chi connectivity index (χ0n) is 6.37. The van der Waals surface area contributed by atoms with Crippen LogP contribution in [0.15, 0.2) is 24.3 Å². The molecule has 1 aromatic rings. The van der Waals surface area contributed by atoms with Crippen molar-refractivity contribution in [1.82, 2.24) is 0 Å². The van der Waals surface area contributed by atoms with Crippen molar-refractivity contribution in [3.63, 3.8) is 0 Å². The van der Waals surface area contributed by atoms with Crippen molar-refractivity contribution in [1.29, 1.82) is 0 Å². The minimum atomic E-state index is 0. The average molecular weight is 221 g/mol. The van der Waals surface area contributed by atoms with E-state index in [4.69, 9.17) is 0 Å². The summed E-state index contributed by atoms with van der Waals surface area (Å²) in [5.74, 6) is 0. The molecule has 0 aliphatic heterocycles. The van der Waals surface area contributed by atoms with E-state index >= 15 is 0 Å². The average Bonchev–Trinajstić information content (AvgIpc) is 1.88. The van der Waals surface area contributed by atoms with E-state index in [1.54, 1.807) is 12.1 Å². The number of aryl methyl sites for hydroxylation is 1. The molecule has 1 nitrogen and oxygen atoms in total. The summed E-state index contributed by atoms with van der Waals surface area (Å²) in [5, 5.41) is 0. The number of hydrogen-bond acceptors (Lipinski definition) is 1. The van der Waals surface area contributed by atoms with Gasteiger partial charge < -0.3 is 12.2 Å². The smallest absolute Gasteiger partial charge is 0.0627 e. The molecule has 1 rings (SSSR count). The van der Waals surface area contributed by atoms with Gasteiger partial charge in [-0.2, -0.15) is 17.7 Å². The standard InChI is InChI=1S/C8H7O.CH.Y/c1-7-3-2-4-8(5-7)6-9;;/h2-5H,1H3;1H;/q2*-1;. The molecular weight excluding hydrogens is 213 g/mol. The van der Waals surface area contributed by atoms with Crippen LogP contribution in [0, 0.1) is 14.4 Å². The Hall–Kier alpha value is -0.00610. The van der Waals surface area contributed by atoms with Gasteiger partial charge in [0, 0.05) is 32.7 Å². The normalized spacial score (nSPS) is 7.36. The second-order valence-electron chi connectivity index (χ2n) is 1.97. The quantitative estimate of drug-likeness (QED) is 0.659. The molecule has 0 amide bonds. The van der Waals surface area contributed by atoms with Crippen molar-refractivity contribution in [2.75, 3.05) is 0 Å². The fourth-order valence-corrected chi connectivity index (χ4v) is 0.709. The first-order chi connectivity index (χ1) is 4.33. The van der Waals surface area contributed by atoms with Crippen LogP contribution >= 0.6 is 0 Å². The van der Waals surface area contributed by atoms with Crippen LogP contribution in [0.1, 0.15) is 11.1 Å². The zero-order chi connectivity index (χ0) is 6.69. The summed E-state index contributed by atoms with van der Waals surface area (Å²) in [4.78, 5) is 10.0. The Bertz CT molecular complexity index is 221. The maximum atomic E-state index is 10.0. The Morgan fingerprint density at radius 1 is 1.36 bits per heavy atom. The van der Waals surface area contributed by atoms with E-state index in [0.717, 1.165) is 5.56 Å². The molecule has 1 aromatic carbocycles. The molecule has 0 aliphatic rings. The summed E-state index contributed by atoms with van der Waals surface area (Å²) in [6.45, 7) is 1.95. The third-order valence-corrected chi connectivity index (χ3v) is 1.14. The van der Waals surface area contributed by atoms with E-state index in [0.29, 0.717) is 5.56 Å². The molecule has 55 valence electrons. The molecule has 0 N–H and O–H groups in total. The molecule has 0 saturated heterocycles. The summed E-state index contributed by atoms with van der Waals surface area (Å²) < 4.78 is 0. The Morgan fingerprint density at radius 2 is 2.00 bits per heavy atom. The Kier molecular flexibility index (Phi) is 8.25. The van der Waals surface area contributed by atoms with Crippen molar-refractivity contribution >= 4 is 6.29 Å². The van der Waals surface area contributed by atoms with E-state index in [1.807, 2.05) is 25.3 Å². The molecule has 0 aliphatic carbocycles. The minimum absolute atomic E-state index is 0. The summed E-state index contributed by atoms with van der Waals surface area (Å²) in [6, 6.07) is 7.32. The summed E-state index contributed by atoms with van der Waals surface area (Å²) in [6.07, 6.45) is 1.82. The molecule has 0 heterocycles. The van der Waals surface area contributed by atoms with Gasteiger partial charge in [-0.05, 0) is 0 Å². The van der Waals surface area contributed by atoms with Gasteiger partial charge in [0.2, 0.25) is 0 Å². The fourth-order valence-electron chi connectivity index (χ4n) is 0.709. The molecule has 0 unspecified atom stereocenters. The molecule has 0 atom stereocenters. The Morgan fingerprint density at radius 3 is 2.36 bits per heavy atom. The molecule has 11 heavy (non-hydrogen) atoms. The van der Waals surface area contributed by atoms with Gasteiger partial charge in [0.25, 0.3) is 0 Å². The van der Waals surface area contributed by atoms with Gasteiger partial charge in [-0.1, -0.05) is 13.0 Å². The number of carbonyl (C=O) groups excluding carboxylic acids is 1. The maximum Gasteiger partial charge on any atom is 0.0627 e. The van der Waals surface area contributed by atoms with Gasteiger partial charge in [-0.3, -0.25) is 0 Å². The first kappa shape index (κ1) is 13.6. The van der Waals surface area contributed by atoms with Crippen LogP contribution < -0.4 is 0 Å². The second-order valence-corrected chi connectivity index (χ2v) is 1.97. The van der Waals surface area contributed by atoms with Crippen LogP contribution in [0.4, 0.5) is 0 Å². The van der Waals surface area contributed by atoms with Crippen molar-refractivity contribution in [3.05, 3.63) is 42.8 Å². The van der Waals surface area contributed by atoms with Gasteiger partial charge in [0.05, 0.1) is 6.29 Å². The third-order valence-electron chi connectivity index (χ3n) is 1.14. The van der Waals surface area contributed by atoms with Crippen molar-refractivity contribution in [2.45, 2.75) is 6.92 Å². The maximum absolute atomic E-state index is 10.0. The van der Waals surface area contributed by atoms with Gasteiger partial charge in [0.1, 0.15) is 0 Å².